The lowest BCUT2D eigenvalue weighted by molar-refractivity contribution is 0.198. The predicted molar refractivity (Wildman–Crippen MR) is 120 cm³/mol. The standard InChI is InChI=1S/C22H34FN7O/c1-4-21-28-26-16-30(21)13-10-25-22(24-5-2)27-18-8-11-29(12-9-18)15-17-6-7-20(31-3)19(23)14-17/h6-7,14,16,18H,4-5,8-13,15H2,1-3H3,(H2,24,25,27). The molecule has 0 amide bonds. The average Bonchev–Trinajstić information content (AvgIpc) is 3.23. The monoisotopic (exact) mass is 431 g/mol. The Morgan fingerprint density at radius 1 is 1.29 bits per heavy atom. The third kappa shape index (κ3) is 6.65. The highest BCUT2D eigenvalue weighted by molar-refractivity contribution is 5.80. The van der Waals surface area contributed by atoms with Crippen LogP contribution in [-0.2, 0) is 19.5 Å². The Labute approximate surface area is 183 Å². The van der Waals surface area contributed by atoms with Crippen LogP contribution >= 0.6 is 0 Å². The molecular formula is C22H34FN7O. The second-order valence-electron chi connectivity index (χ2n) is 7.72. The van der Waals surface area contributed by atoms with Crippen LogP contribution in [0.3, 0.4) is 0 Å². The van der Waals surface area contributed by atoms with E-state index in [9.17, 15) is 4.39 Å². The molecule has 1 aromatic carbocycles. The number of nitrogens with zero attached hydrogens (tertiary/aromatic N) is 5. The lowest BCUT2D eigenvalue weighted by Gasteiger charge is -2.33. The fourth-order valence-corrected chi connectivity index (χ4v) is 3.82. The summed E-state index contributed by atoms with van der Waals surface area (Å²) in [6, 6.07) is 5.57. The third-order valence-corrected chi connectivity index (χ3v) is 5.52. The Bertz CT molecular complexity index is 846. The van der Waals surface area contributed by atoms with Gasteiger partial charge in [-0.2, -0.15) is 0 Å². The zero-order valence-electron chi connectivity index (χ0n) is 18.8. The highest BCUT2D eigenvalue weighted by atomic mass is 19.1. The highest BCUT2D eigenvalue weighted by Gasteiger charge is 2.20. The number of aromatic nitrogens is 3. The van der Waals surface area contributed by atoms with Crippen molar-refractivity contribution < 1.29 is 9.13 Å². The molecule has 0 bridgehead atoms. The van der Waals surface area contributed by atoms with E-state index in [1.165, 1.54) is 7.11 Å². The number of piperidine rings is 1. The average molecular weight is 432 g/mol. The van der Waals surface area contributed by atoms with Gasteiger partial charge in [-0.15, -0.1) is 10.2 Å². The molecule has 0 saturated carbocycles. The van der Waals surface area contributed by atoms with Gasteiger partial charge in [-0.25, -0.2) is 4.39 Å². The molecule has 1 aromatic heterocycles. The van der Waals surface area contributed by atoms with Crippen molar-refractivity contribution in [1.82, 2.24) is 30.3 Å². The van der Waals surface area contributed by atoms with Crippen LogP contribution in [0.2, 0.25) is 0 Å². The van der Waals surface area contributed by atoms with Crippen molar-refractivity contribution in [3.8, 4) is 5.75 Å². The van der Waals surface area contributed by atoms with Crippen molar-refractivity contribution in [2.75, 3.05) is 33.3 Å². The molecule has 9 heteroatoms. The summed E-state index contributed by atoms with van der Waals surface area (Å²) in [5, 5.41) is 15.0. The van der Waals surface area contributed by atoms with E-state index < -0.39 is 0 Å². The SMILES string of the molecule is CCNC(=NCCn1cnnc1CC)NC1CCN(Cc2ccc(OC)c(F)c2)CC1. The molecular weight excluding hydrogens is 397 g/mol. The summed E-state index contributed by atoms with van der Waals surface area (Å²) in [6.07, 6.45) is 4.67. The van der Waals surface area contributed by atoms with Crippen molar-refractivity contribution in [3.63, 3.8) is 0 Å². The number of guanidine groups is 1. The maximum atomic E-state index is 13.9. The van der Waals surface area contributed by atoms with E-state index in [0.717, 1.165) is 69.3 Å². The third-order valence-electron chi connectivity index (χ3n) is 5.52. The molecule has 1 saturated heterocycles. The molecule has 2 N–H and O–H groups in total. The minimum absolute atomic E-state index is 0.289. The van der Waals surface area contributed by atoms with Gasteiger partial charge < -0.3 is 19.9 Å². The fourth-order valence-electron chi connectivity index (χ4n) is 3.82. The van der Waals surface area contributed by atoms with E-state index >= 15 is 0 Å². The largest absolute Gasteiger partial charge is 0.494 e. The quantitative estimate of drug-likeness (QED) is 0.468. The summed E-state index contributed by atoms with van der Waals surface area (Å²) in [5.74, 6) is 1.82. The van der Waals surface area contributed by atoms with Crippen molar-refractivity contribution in [1.29, 1.82) is 0 Å². The zero-order valence-corrected chi connectivity index (χ0v) is 18.8. The van der Waals surface area contributed by atoms with Crippen LogP contribution in [0.15, 0.2) is 29.5 Å². The van der Waals surface area contributed by atoms with Crippen LogP contribution in [0.25, 0.3) is 0 Å². The van der Waals surface area contributed by atoms with Gasteiger partial charge in [-0.05, 0) is 37.5 Å². The molecule has 2 heterocycles. The Balaban J connectivity index is 1.46. The first kappa shape index (κ1) is 23.0. The Morgan fingerprint density at radius 3 is 2.77 bits per heavy atom. The molecule has 0 spiro atoms. The molecule has 1 fully saturated rings. The fraction of sp³-hybridized carbons (Fsp3) is 0.591. The molecule has 31 heavy (non-hydrogen) atoms. The predicted octanol–water partition coefficient (Wildman–Crippen LogP) is 2.21. The van der Waals surface area contributed by atoms with Gasteiger partial charge >= 0.3 is 0 Å². The maximum absolute atomic E-state index is 13.9. The molecule has 3 rings (SSSR count). The number of rotatable bonds is 9. The summed E-state index contributed by atoms with van der Waals surface area (Å²) < 4.78 is 21.0. The number of hydrogen-bond acceptors (Lipinski definition) is 5. The first-order valence-electron chi connectivity index (χ1n) is 11.1. The van der Waals surface area contributed by atoms with Crippen LogP contribution in [0, 0.1) is 5.82 Å². The van der Waals surface area contributed by atoms with Gasteiger partial charge in [-0.3, -0.25) is 9.89 Å². The van der Waals surface area contributed by atoms with Gasteiger partial charge in [0.15, 0.2) is 17.5 Å². The first-order chi connectivity index (χ1) is 15.1. The minimum Gasteiger partial charge on any atom is -0.494 e. The van der Waals surface area contributed by atoms with Gasteiger partial charge in [0.2, 0.25) is 0 Å². The van der Waals surface area contributed by atoms with Crippen LogP contribution in [0.1, 0.15) is 38.1 Å². The van der Waals surface area contributed by atoms with Crippen molar-refractivity contribution >= 4 is 5.96 Å². The Kier molecular flexibility index (Phi) is 8.63. The summed E-state index contributed by atoms with van der Waals surface area (Å²) >= 11 is 0. The number of hydrogen-bond donors (Lipinski definition) is 2. The molecule has 0 aliphatic carbocycles. The second kappa shape index (κ2) is 11.6. The zero-order chi connectivity index (χ0) is 22.1. The van der Waals surface area contributed by atoms with Crippen molar-refractivity contribution in [3.05, 3.63) is 41.7 Å². The number of nitrogens with one attached hydrogen (secondary N) is 2. The van der Waals surface area contributed by atoms with E-state index in [1.807, 2.05) is 10.6 Å². The van der Waals surface area contributed by atoms with Gasteiger partial charge in [-0.1, -0.05) is 13.0 Å². The molecule has 2 aromatic rings. The van der Waals surface area contributed by atoms with E-state index in [0.29, 0.717) is 12.6 Å². The van der Waals surface area contributed by atoms with Crippen LogP contribution in [0.4, 0.5) is 4.39 Å². The number of benzene rings is 1. The number of aryl methyl sites for hydroxylation is 1. The van der Waals surface area contributed by atoms with E-state index in [-0.39, 0.29) is 11.6 Å². The van der Waals surface area contributed by atoms with Gasteiger partial charge in [0, 0.05) is 45.2 Å². The summed E-state index contributed by atoms with van der Waals surface area (Å²) in [5.41, 5.74) is 0.972. The summed E-state index contributed by atoms with van der Waals surface area (Å²) in [7, 11) is 1.48. The van der Waals surface area contributed by atoms with Crippen molar-refractivity contribution in [2.45, 2.75) is 52.2 Å². The first-order valence-corrected chi connectivity index (χ1v) is 11.1. The van der Waals surface area contributed by atoms with Crippen molar-refractivity contribution in [2.24, 2.45) is 4.99 Å². The minimum atomic E-state index is -0.305. The lowest BCUT2D eigenvalue weighted by atomic mass is 10.0. The smallest absolute Gasteiger partial charge is 0.191 e. The Hall–Kier alpha value is -2.68. The molecule has 0 radical (unpaired) electrons. The number of halogens is 1. The van der Waals surface area contributed by atoms with E-state index in [2.05, 4.69) is 39.6 Å². The normalized spacial score (nSPS) is 15.8. The van der Waals surface area contributed by atoms with Gasteiger partial charge in [0.05, 0.1) is 13.7 Å². The molecule has 1 aliphatic heterocycles. The number of ether oxygens (including phenoxy) is 1. The van der Waals surface area contributed by atoms with Gasteiger partial charge in [0.25, 0.3) is 0 Å². The molecule has 8 nitrogen and oxygen atoms in total. The van der Waals surface area contributed by atoms with E-state index in [4.69, 9.17) is 9.73 Å². The Morgan fingerprint density at radius 2 is 2.10 bits per heavy atom. The highest BCUT2D eigenvalue weighted by Crippen LogP contribution is 2.20. The van der Waals surface area contributed by atoms with Gasteiger partial charge in [0.1, 0.15) is 12.2 Å². The lowest BCUT2D eigenvalue weighted by Crippen LogP contribution is -2.48. The number of aliphatic imine (C=N–C) groups is 1. The number of methoxy groups -OCH3 is 1. The van der Waals surface area contributed by atoms with Crippen LogP contribution in [-0.4, -0.2) is 65.0 Å². The molecule has 0 atom stereocenters. The van der Waals surface area contributed by atoms with Crippen LogP contribution in [0.5, 0.6) is 5.75 Å². The molecule has 1 aliphatic rings. The topological polar surface area (TPSA) is 79.6 Å². The summed E-state index contributed by atoms with van der Waals surface area (Å²) in [4.78, 5) is 7.08. The summed E-state index contributed by atoms with van der Waals surface area (Å²) in [6.45, 7) is 9.08. The number of likely N-dealkylation sites (tertiary alicyclic amines) is 1. The molecule has 0 unspecified atom stereocenters. The second-order valence-corrected chi connectivity index (χ2v) is 7.72. The van der Waals surface area contributed by atoms with Crippen LogP contribution < -0.4 is 15.4 Å². The molecule has 170 valence electrons. The maximum Gasteiger partial charge on any atom is 0.191 e. The van der Waals surface area contributed by atoms with E-state index in [1.54, 1.807) is 18.5 Å².